The van der Waals surface area contributed by atoms with Crippen LogP contribution in [0.25, 0.3) is 0 Å². The van der Waals surface area contributed by atoms with Crippen molar-refractivity contribution in [3.63, 3.8) is 0 Å². The Balaban J connectivity index is 4.14. The minimum atomic E-state index is -0.506. The SMILES string of the molecule is C#CCOC/C=C/C(C#CCCCCC)OC(C)=O. The lowest BCUT2D eigenvalue weighted by atomic mass is 10.2. The summed E-state index contributed by atoms with van der Waals surface area (Å²) in [4.78, 5) is 10.9. The minimum absolute atomic E-state index is 0.269. The maximum Gasteiger partial charge on any atom is 0.304 e. The Morgan fingerprint density at radius 3 is 2.84 bits per heavy atom. The Morgan fingerprint density at radius 1 is 1.42 bits per heavy atom. The van der Waals surface area contributed by atoms with Crippen LogP contribution < -0.4 is 0 Å². The third-order valence-electron chi connectivity index (χ3n) is 2.15. The highest BCUT2D eigenvalue weighted by Gasteiger charge is 2.02. The fourth-order valence-electron chi connectivity index (χ4n) is 1.30. The fourth-order valence-corrected chi connectivity index (χ4v) is 1.30. The van der Waals surface area contributed by atoms with Gasteiger partial charge in [-0.15, -0.1) is 6.42 Å². The van der Waals surface area contributed by atoms with Gasteiger partial charge in [0.25, 0.3) is 0 Å². The minimum Gasteiger partial charge on any atom is -0.445 e. The van der Waals surface area contributed by atoms with E-state index in [1.807, 2.05) is 0 Å². The zero-order chi connectivity index (χ0) is 14.3. The summed E-state index contributed by atoms with van der Waals surface area (Å²) >= 11 is 0. The summed E-state index contributed by atoms with van der Waals surface area (Å²) in [6.45, 7) is 4.17. The number of esters is 1. The van der Waals surface area contributed by atoms with Gasteiger partial charge in [0, 0.05) is 13.3 Å². The highest BCUT2D eigenvalue weighted by atomic mass is 16.5. The number of rotatable bonds is 8. The molecular weight excluding hydrogens is 240 g/mol. The van der Waals surface area contributed by atoms with Crippen LogP contribution in [0.1, 0.15) is 39.5 Å². The molecule has 0 amide bonds. The molecule has 0 aromatic heterocycles. The summed E-state index contributed by atoms with van der Waals surface area (Å²) < 4.78 is 10.2. The van der Waals surface area contributed by atoms with Crippen molar-refractivity contribution in [2.45, 2.75) is 45.6 Å². The van der Waals surface area contributed by atoms with Crippen LogP contribution in [0.15, 0.2) is 12.2 Å². The molecule has 0 aromatic rings. The van der Waals surface area contributed by atoms with Crippen LogP contribution >= 0.6 is 0 Å². The van der Waals surface area contributed by atoms with Gasteiger partial charge in [-0.3, -0.25) is 4.79 Å². The van der Waals surface area contributed by atoms with Crippen molar-refractivity contribution in [1.29, 1.82) is 0 Å². The highest BCUT2D eigenvalue weighted by molar-refractivity contribution is 5.66. The van der Waals surface area contributed by atoms with E-state index >= 15 is 0 Å². The predicted octanol–water partition coefficient (Wildman–Crippen LogP) is 2.71. The van der Waals surface area contributed by atoms with Gasteiger partial charge in [0.2, 0.25) is 0 Å². The first kappa shape index (κ1) is 17.3. The molecule has 3 nitrogen and oxygen atoms in total. The number of carbonyl (C=O) groups is 1. The molecule has 0 aromatic carbocycles. The van der Waals surface area contributed by atoms with E-state index in [-0.39, 0.29) is 12.6 Å². The normalized spacial score (nSPS) is 11.4. The van der Waals surface area contributed by atoms with E-state index in [2.05, 4.69) is 24.7 Å². The molecule has 0 aliphatic carbocycles. The van der Waals surface area contributed by atoms with Crippen LogP contribution in [0.5, 0.6) is 0 Å². The van der Waals surface area contributed by atoms with Crippen LogP contribution in [0.3, 0.4) is 0 Å². The lowest BCUT2D eigenvalue weighted by molar-refractivity contribution is -0.142. The van der Waals surface area contributed by atoms with Crippen molar-refractivity contribution < 1.29 is 14.3 Å². The van der Waals surface area contributed by atoms with E-state index in [0.29, 0.717) is 6.61 Å². The first-order valence-electron chi connectivity index (χ1n) is 6.54. The average molecular weight is 262 g/mol. The molecule has 19 heavy (non-hydrogen) atoms. The molecule has 0 bridgehead atoms. The van der Waals surface area contributed by atoms with Crippen molar-refractivity contribution in [3.8, 4) is 24.2 Å². The largest absolute Gasteiger partial charge is 0.445 e. The second-order valence-corrected chi connectivity index (χ2v) is 3.96. The number of carbonyl (C=O) groups excluding carboxylic acids is 1. The first-order chi connectivity index (χ1) is 9.20. The van der Waals surface area contributed by atoms with E-state index in [1.165, 1.54) is 19.8 Å². The smallest absolute Gasteiger partial charge is 0.304 e. The standard InChI is InChI=1S/C16H22O3/c1-4-6-7-8-9-11-16(19-15(3)17)12-10-14-18-13-5-2/h2,10,12,16H,4,6-8,13-14H2,1,3H3/b12-10+. The molecule has 3 heteroatoms. The Hall–Kier alpha value is -1.71. The number of hydrogen-bond acceptors (Lipinski definition) is 3. The fraction of sp³-hybridized carbons (Fsp3) is 0.562. The maximum absolute atomic E-state index is 10.9. The van der Waals surface area contributed by atoms with Crippen molar-refractivity contribution in [2.75, 3.05) is 13.2 Å². The molecule has 1 unspecified atom stereocenters. The molecule has 0 rings (SSSR count). The molecule has 0 fully saturated rings. The summed E-state index contributed by atoms with van der Waals surface area (Å²) in [6.07, 6.45) is 12.3. The predicted molar refractivity (Wildman–Crippen MR) is 76.3 cm³/mol. The van der Waals surface area contributed by atoms with Crippen LogP contribution in [0, 0.1) is 24.2 Å². The first-order valence-corrected chi connectivity index (χ1v) is 6.54. The monoisotopic (exact) mass is 262 g/mol. The summed E-state index contributed by atoms with van der Waals surface area (Å²) in [6, 6.07) is 0. The molecule has 0 saturated heterocycles. The molecule has 0 aliphatic rings. The third-order valence-corrected chi connectivity index (χ3v) is 2.15. The van der Waals surface area contributed by atoms with Crippen LogP contribution in [-0.4, -0.2) is 25.3 Å². The lowest BCUT2D eigenvalue weighted by Gasteiger charge is -2.05. The summed E-state index contributed by atoms with van der Waals surface area (Å²) in [7, 11) is 0. The molecule has 104 valence electrons. The van der Waals surface area contributed by atoms with Crippen LogP contribution in [0.4, 0.5) is 0 Å². The summed E-state index contributed by atoms with van der Waals surface area (Å²) in [5.74, 6) is 7.98. The van der Waals surface area contributed by atoms with Gasteiger partial charge in [0.1, 0.15) is 6.61 Å². The molecular formula is C16H22O3. The van der Waals surface area contributed by atoms with Gasteiger partial charge in [-0.25, -0.2) is 0 Å². The van der Waals surface area contributed by atoms with Gasteiger partial charge >= 0.3 is 5.97 Å². The second-order valence-electron chi connectivity index (χ2n) is 3.96. The zero-order valence-electron chi connectivity index (χ0n) is 11.8. The molecule has 0 heterocycles. The van der Waals surface area contributed by atoms with Crippen LogP contribution in [0.2, 0.25) is 0 Å². The second kappa shape index (κ2) is 12.7. The quantitative estimate of drug-likeness (QED) is 0.292. The van der Waals surface area contributed by atoms with Gasteiger partial charge in [-0.05, 0) is 12.5 Å². The maximum atomic E-state index is 10.9. The van der Waals surface area contributed by atoms with Crippen molar-refractivity contribution in [3.05, 3.63) is 12.2 Å². The summed E-state index contributed by atoms with van der Waals surface area (Å²) in [5.41, 5.74) is 0. The van der Waals surface area contributed by atoms with E-state index in [4.69, 9.17) is 15.9 Å². The Bertz CT molecular complexity index is 366. The van der Waals surface area contributed by atoms with Gasteiger partial charge in [-0.1, -0.05) is 43.6 Å². The lowest BCUT2D eigenvalue weighted by Crippen LogP contribution is -2.11. The molecule has 0 saturated carbocycles. The van der Waals surface area contributed by atoms with Crippen molar-refractivity contribution >= 4 is 5.97 Å². The molecule has 1 atom stereocenters. The van der Waals surface area contributed by atoms with Gasteiger partial charge in [0.15, 0.2) is 6.10 Å². The molecule has 0 N–H and O–H groups in total. The topological polar surface area (TPSA) is 35.5 Å². The van der Waals surface area contributed by atoms with Gasteiger partial charge in [0.05, 0.1) is 6.61 Å². The average Bonchev–Trinajstić information content (AvgIpc) is 2.37. The van der Waals surface area contributed by atoms with Crippen molar-refractivity contribution in [2.24, 2.45) is 0 Å². The number of unbranched alkanes of at least 4 members (excludes halogenated alkanes) is 3. The Morgan fingerprint density at radius 2 is 2.21 bits per heavy atom. The Kier molecular flexibility index (Phi) is 11.6. The van der Waals surface area contributed by atoms with E-state index in [1.54, 1.807) is 12.2 Å². The number of terminal acetylenes is 1. The Labute approximate surface area is 116 Å². The van der Waals surface area contributed by atoms with E-state index in [9.17, 15) is 4.79 Å². The molecule has 0 spiro atoms. The number of hydrogen-bond donors (Lipinski definition) is 0. The molecule has 0 radical (unpaired) electrons. The van der Waals surface area contributed by atoms with E-state index < -0.39 is 6.10 Å². The zero-order valence-corrected chi connectivity index (χ0v) is 11.8. The number of ether oxygens (including phenoxy) is 2. The van der Waals surface area contributed by atoms with Gasteiger partial charge < -0.3 is 9.47 Å². The van der Waals surface area contributed by atoms with Gasteiger partial charge in [-0.2, -0.15) is 0 Å². The highest BCUT2D eigenvalue weighted by Crippen LogP contribution is 1.99. The van der Waals surface area contributed by atoms with Crippen molar-refractivity contribution in [1.82, 2.24) is 0 Å². The van der Waals surface area contributed by atoms with E-state index in [0.717, 1.165) is 12.8 Å². The molecule has 0 aliphatic heterocycles. The third kappa shape index (κ3) is 12.5. The summed E-state index contributed by atoms with van der Waals surface area (Å²) in [5, 5.41) is 0. The van der Waals surface area contributed by atoms with Crippen LogP contribution in [-0.2, 0) is 14.3 Å².